The Morgan fingerprint density at radius 2 is 1.95 bits per heavy atom. The molecule has 7 heteroatoms. The number of rotatable bonds is 10. The van der Waals surface area contributed by atoms with Crippen LogP contribution in [0.2, 0.25) is 0 Å². The van der Waals surface area contributed by atoms with E-state index in [2.05, 4.69) is 15.6 Å². The van der Waals surface area contributed by atoms with Crippen molar-refractivity contribution in [3.63, 3.8) is 0 Å². The molecule has 1 saturated carbocycles. The molecule has 0 saturated heterocycles. The van der Waals surface area contributed by atoms with Crippen LogP contribution in [0.4, 0.5) is 0 Å². The zero-order valence-corrected chi connectivity index (χ0v) is 15.9. The van der Waals surface area contributed by atoms with Crippen molar-refractivity contribution >= 4 is 35.8 Å². The maximum Gasteiger partial charge on any atom is 0.220 e. The minimum Gasteiger partial charge on any atom is -0.382 e. The largest absolute Gasteiger partial charge is 0.382 e. The number of hydrogen-bond donors (Lipinski definition) is 3. The number of hydrogen-bond acceptors (Lipinski definition) is 3. The van der Waals surface area contributed by atoms with Gasteiger partial charge in [0, 0.05) is 39.3 Å². The van der Waals surface area contributed by atoms with E-state index in [0.717, 1.165) is 13.0 Å². The van der Waals surface area contributed by atoms with Crippen LogP contribution in [0, 0.1) is 5.92 Å². The summed E-state index contributed by atoms with van der Waals surface area (Å²) in [5.74, 6) is 1.17. The van der Waals surface area contributed by atoms with Crippen LogP contribution in [0.25, 0.3) is 0 Å². The van der Waals surface area contributed by atoms with E-state index in [1.54, 1.807) is 0 Å². The van der Waals surface area contributed by atoms with Gasteiger partial charge in [0.15, 0.2) is 5.96 Å². The van der Waals surface area contributed by atoms with Gasteiger partial charge in [-0.05, 0) is 32.1 Å². The monoisotopic (exact) mass is 426 g/mol. The van der Waals surface area contributed by atoms with Crippen LogP contribution in [0.15, 0.2) is 4.99 Å². The number of aliphatic imine (C=N–C) groups is 1. The van der Waals surface area contributed by atoms with Gasteiger partial charge in [-0.3, -0.25) is 9.79 Å². The molecule has 0 aromatic rings. The van der Waals surface area contributed by atoms with Crippen LogP contribution in [0.5, 0.6) is 0 Å². The van der Waals surface area contributed by atoms with Crippen molar-refractivity contribution in [2.45, 2.75) is 45.4 Å². The Balaban J connectivity index is 0.00000441. The summed E-state index contributed by atoms with van der Waals surface area (Å²) >= 11 is 0. The summed E-state index contributed by atoms with van der Waals surface area (Å²) in [6.45, 7) is 5.27. The smallest absolute Gasteiger partial charge is 0.220 e. The van der Waals surface area contributed by atoms with Crippen molar-refractivity contribution in [2.24, 2.45) is 16.6 Å². The van der Waals surface area contributed by atoms with Crippen molar-refractivity contribution in [1.29, 1.82) is 0 Å². The number of carbonyl (C=O) groups is 1. The van der Waals surface area contributed by atoms with Crippen molar-refractivity contribution in [3.05, 3.63) is 0 Å². The highest BCUT2D eigenvalue weighted by Gasteiger charge is 2.17. The lowest BCUT2D eigenvalue weighted by atomic mass is 10.0. The fourth-order valence-electron chi connectivity index (χ4n) is 2.51. The van der Waals surface area contributed by atoms with Crippen molar-refractivity contribution in [2.75, 3.05) is 32.8 Å². The molecule has 0 spiro atoms. The Hall–Kier alpha value is -0.570. The third kappa shape index (κ3) is 11.1. The molecule has 1 fully saturated rings. The zero-order valence-electron chi connectivity index (χ0n) is 13.6. The lowest BCUT2D eigenvalue weighted by Crippen LogP contribution is -2.38. The Labute approximate surface area is 151 Å². The fraction of sp³-hybridized carbons (Fsp3) is 0.867. The summed E-state index contributed by atoms with van der Waals surface area (Å²) in [7, 11) is 0. The Kier molecular flexibility index (Phi) is 13.7. The van der Waals surface area contributed by atoms with Gasteiger partial charge in [0.2, 0.25) is 5.91 Å². The molecule has 1 rings (SSSR count). The summed E-state index contributed by atoms with van der Waals surface area (Å²) in [5.41, 5.74) is 5.72. The first-order chi connectivity index (χ1) is 10.2. The first-order valence-electron chi connectivity index (χ1n) is 8.10. The molecular weight excluding hydrogens is 395 g/mol. The number of amides is 1. The third-order valence-electron chi connectivity index (χ3n) is 3.64. The molecule has 1 aliphatic rings. The summed E-state index contributed by atoms with van der Waals surface area (Å²) in [6, 6.07) is 0. The first kappa shape index (κ1) is 21.4. The number of carbonyl (C=O) groups excluding carboxylic acids is 1. The van der Waals surface area contributed by atoms with Gasteiger partial charge in [-0.15, -0.1) is 24.0 Å². The molecule has 0 atom stereocenters. The van der Waals surface area contributed by atoms with E-state index in [-0.39, 0.29) is 29.9 Å². The minimum absolute atomic E-state index is 0. The number of guanidine groups is 1. The highest BCUT2D eigenvalue weighted by molar-refractivity contribution is 14.0. The van der Waals surface area contributed by atoms with Gasteiger partial charge in [-0.25, -0.2) is 0 Å². The quantitative estimate of drug-likeness (QED) is 0.215. The van der Waals surface area contributed by atoms with E-state index in [0.29, 0.717) is 44.5 Å². The number of ether oxygens (including phenoxy) is 1. The maximum absolute atomic E-state index is 11.7. The molecule has 0 aromatic heterocycles. The predicted octanol–water partition coefficient (Wildman–Crippen LogP) is 1.63. The van der Waals surface area contributed by atoms with Crippen LogP contribution in [0.1, 0.15) is 45.4 Å². The van der Waals surface area contributed by atoms with Gasteiger partial charge in [-0.2, -0.15) is 0 Å². The van der Waals surface area contributed by atoms with Crippen LogP contribution >= 0.6 is 24.0 Å². The summed E-state index contributed by atoms with van der Waals surface area (Å²) in [5, 5.41) is 5.91. The third-order valence-corrected chi connectivity index (χ3v) is 3.64. The number of nitrogens with two attached hydrogens (primary N) is 1. The lowest BCUT2D eigenvalue weighted by molar-refractivity contribution is -0.121. The summed E-state index contributed by atoms with van der Waals surface area (Å²) < 4.78 is 5.22. The van der Waals surface area contributed by atoms with E-state index in [1.807, 2.05) is 6.92 Å². The second kappa shape index (κ2) is 14.0. The predicted molar refractivity (Wildman–Crippen MR) is 101 cm³/mol. The Morgan fingerprint density at radius 3 is 2.64 bits per heavy atom. The number of nitrogens with zero attached hydrogens (tertiary/aromatic N) is 1. The molecule has 0 aliphatic heterocycles. The van der Waals surface area contributed by atoms with E-state index in [1.165, 1.54) is 25.7 Å². The van der Waals surface area contributed by atoms with Crippen molar-refractivity contribution < 1.29 is 9.53 Å². The number of nitrogens with one attached hydrogen (secondary N) is 2. The molecule has 1 aliphatic carbocycles. The van der Waals surface area contributed by atoms with Gasteiger partial charge in [0.25, 0.3) is 0 Å². The highest BCUT2D eigenvalue weighted by Crippen LogP contribution is 2.27. The summed E-state index contributed by atoms with van der Waals surface area (Å²) in [4.78, 5) is 15.9. The Morgan fingerprint density at radius 1 is 1.27 bits per heavy atom. The molecule has 6 nitrogen and oxygen atoms in total. The van der Waals surface area contributed by atoms with Crippen LogP contribution in [-0.2, 0) is 9.53 Å². The van der Waals surface area contributed by atoms with Gasteiger partial charge >= 0.3 is 0 Å². The van der Waals surface area contributed by atoms with Crippen molar-refractivity contribution in [1.82, 2.24) is 10.6 Å². The average Bonchev–Trinajstić information content (AvgIpc) is 2.96. The maximum atomic E-state index is 11.7. The van der Waals surface area contributed by atoms with E-state index in [9.17, 15) is 4.79 Å². The lowest BCUT2D eigenvalue weighted by Gasteiger charge is -2.10. The second-order valence-electron chi connectivity index (χ2n) is 5.45. The van der Waals surface area contributed by atoms with Gasteiger partial charge < -0.3 is 21.1 Å². The standard InChI is InChI=1S/C15H30N4O2.HI/c1-2-21-11-5-8-18-15(16)19-10-9-17-14(20)12-13-6-3-4-7-13;/h13H,2-12H2,1H3,(H,17,20)(H3,16,18,19);1H. The highest BCUT2D eigenvalue weighted by atomic mass is 127. The van der Waals surface area contributed by atoms with Gasteiger partial charge in [0.1, 0.15) is 0 Å². The fourth-order valence-corrected chi connectivity index (χ4v) is 2.51. The van der Waals surface area contributed by atoms with E-state index >= 15 is 0 Å². The molecule has 4 N–H and O–H groups in total. The SMILES string of the molecule is CCOCCCN=C(N)NCCNC(=O)CC1CCCC1.I. The summed E-state index contributed by atoms with van der Waals surface area (Å²) in [6.07, 6.45) is 6.49. The Bertz CT molecular complexity index is 321. The molecular formula is C15H31IN4O2. The van der Waals surface area contributed by atoms with Gasteiger partial charge in [0.05, 0.1) is 0 Å². The molecule has 0 heterocycles. The average molecular weight is 426 g/mol. The van der Waals surface area contributed by atoms with Crippen LogP contribution in [0.3, 0.4) is 0 Å². The molecule has 1 amide bonds. The number of halogens is 1. The molecule has 0 radical (unpaired) electrons. The molecule has 0 unspecified atom stereocenters. The van der Waals surface area contributed by atoms with Crippen molar-refractivity contribution in [3.8, 4) is 0 Å². The minimum atomic E-state index is 0. The zero-order chi connectivity index (χ0) is 15.3. The normalized spacial score (nSPS) is 15.4. The molecule has 22 heavy (non-hydrogen) atoms. The van der Waals surface area contributed by atoms with E-state index < -0.39 is 0 Å². The van der Waals surface area contributed by atoms with Gasteiger partial charge in [-0.1, -0.05) is 12.8 Å². The molecule has 0 bridgehead atoms. The molecule has 130 valence electrons. The van der Waals surface area contributed by atoms with Crippen LogP contribution in [-0.4, -0.2) is 44.7 Å². The molecule has 0 aromatic carbocycles. The first-order valence-corrected chi connectivity index (χ1v) is 8.10. The van der Waals surface area contributed by atoms with Crippen LogP contribution < -0.4 is 16.4 Å². The second-order valence-corrected chi connectivity index (χ2v) is 5.45. The topological polar surface area (TPSA) is 88.7 Å². The van der Waals surface area contributed by atoms with E-state index in [4.69, 9.17) is 10.5 Å².